The summed E-state index contributed by atoms with van der Waals surface area (Å²) in [6.45, 7) is 7.06. The SMILES string of the molecule is C.C.CCCc1ccccn1.CCc1cccc(CCOc2ccc3c(c2)CN(CC(F)(F)F)C(=O)[C@H](CC(=O)O)C3)n1.Cc1cccc(CCO)n1.Cc1cccc(N)n1.OCCc1ccccn1. The van der Waals surface area contributed by atoms with Crippen molar-refractivity contribution >= 4 is 17.7 Å². The van der Waals surface area contributed by atoms with Crippen LogP contribution < -0.4 is 10.5 Å². The van der Waals surface area contributed by atoms with Crippen molar-refractivity contribution in [3.05, 3.63) is 173 Å². The summed E-state index contributed by atoms with van der Waals surface area (Å²) in [5.41, 5.74) is 13.5. The van der Waals surface area contributed by atoms with E-state index in [4.69, 9.17) is 25.8 Å². The molecule has 0 saturated heterocycles. The summed E-state index contributed by atoms with van der Waals surface area (Å²) in [7, 11) is 0. The Morgan fingerprint density at radius 2 is 1.27 bits per heavy atom. The Labute approximate surface area is 412 Å². The Bertz CT molecular complexity index is 2320. The van der Waals surface area contributed by atoms with Gasteiger partial charge in [0, 0.05) is 91.3 Å². The number of fused-ring (bicyclic) bond motifs is 1. The van der Waals surface area contributed by atoms with Crippen LogP contribution >= 0.6 is 0 Å². The molecule has 7 rings (SSSR count). The Balaban J connectivity index is 0.000000520. The highest BCUT2D eigenvalue weighted by atomic mass is 19.4. The smallest absolute Gasteiger partial charge is 0.406 e. The minimum Gasteiger partial charge on any atom is -0.493 e. The third-order valence-electron chi connectivity index (χ3n) is 9.86. The van der Waals surface area contributed by atoms with E-state index in [0.717, 1.165) is 47.0 Å². The van der Waals surface area contributed by atoms with Crippen molar-refractivity contribution < 1.29 is 42.8 Å². The third kappa shape index (κ3) is 25.0. The minimum atomic E-state index is -4.58. The van der Waals surface area contributed by atoms with Crippen LogP contribution in [0.3, 0.4) is 0 Å². The van der Waals surface area contributed by atoms with E-state index in [1.54, 1.807) is 30.5 Å². The van der Waals surface area contributed by atoms with E-state index in [0.29, 0.717) is 53.5 Å². The van der Waals surface area contributed by atoms with Gasteiger partial charge in [-0.1, -0.05) is 71.5 Å². The number of rotatable bonds is 14. The van der Waals surface area contributed by atoms with Crippen molar-refractivity contribution in [3.8, 4) is 5.75 Å². The molecular formula is C54H72F3N7O6. The number of aryl methyl sites for hydroxylation is 4. The molecule has 0 saturated carbocycles. The predicted octanol–water partition coefficient (Wildman–Crippen LogP) is 9.62. The van der Waals surface area contributed by atoms with Crippen LogP contribution in [0.1, 0.15) is 92.5 Å². The normalized spacial score (nSPS) is 12.4. The number of carboxylic acids is 1. The van der Waals surface area contributed by atoms with E-state index in [1.165, 1.54) is 12.1 Å². The number of aromatic nitrogens is 5. The van der Waals surface area contributed by atoms with Crippen molar-refractivity contribution in [2.75, 3.05) is 32.1 Å². The van der Waals surface area contributed by atoms with Gasteiger partial charge in [0.05, 0.1) is 18.9 Å². The number of halogens is 3. The van der Waals surface area contributed by atoms with E-state index in [-0.39, 0.29) is 41.0 Å². The molecule has 5 N–H and O–H groups in total. The molecule has 0 fully saturated rings. The van der Waals surface area contributed by atoms with Crippen molar-refractivity contribution in [3.63, 3.8) is 0 Å². The predicted molar refractivity (Wildman–Crippen MR) is 270 cm³/mol. The molecule has 1 amide bonds. The number of aliphatic carboxylic acids is 1. The van der Waals surface area contributed by atoms with Gasteiger partial charge in [-0.25, -0.2) is 4.98 Å². The Kier molecular flexibility index (Phi) is 29.5. The number of benzene rings is 1. The van der Waals surface area contributed by atoms with Crippen LogP contribution in [-0.4, -0.2) is 89.6 Å². The number of nitrogens with zero attached hydrogens (tertiary/aromatic N) is 6. The lowest BCUT2D eigenvalue weighted by Gasteiger charge is -2.25. The second kappa shape index (κ2) is 33.7. The van der Waals surface area contributed by atoms with Gasteiger partial charge in [0.2, 0.25) is 5.91 Å². The summed E-state index contributed by atoms with van der Waals surface area (Å²) in [5, 5.41) is 26.1. The summed E-state index contributed by atoms with van der Waals surface area (Å²) in [4.78, 5) is 45.3. The summed E-state index contributed by atoms with van der Waals surface area (Å²) in [6.07, 6.45) is 3.52. The quantitative estimate of drug-likeness (QED) is 0.0808. The minimum absolute atomic E-state index is 0. The molecule has 1 aromatic carbocycles. The van der Waals surface area contributed by atoms with Gasteiger partial charge < -0.3 is 30.7 Å². The molecule has 6 aromatic rings. The largest absolute Gasteiger partial charge is 0.493 e. The molecule has 70 heavy (non-hydrogen) atoms. The fraction of sp³-hybridized carbons (Fsp3) is 0.389. The van der Waals surface area contributed by atoms with Gasteiger partial charge in [0.15, 0.2) is 0 Å². The summed E-state index contributed by atoms with van der Waals surface area (Å²) < 4.78 is 44.9. The monoisotopic (exact) mass is 972 g/mol. The fourth-order valence-electron chi connectivity index (χ4n) is 6.67. The van der Waals surface area contributed by atoms with E-state index >= 15 is 0 Å². The van der Waals surface area contributed by atoms with Crippen LogP contribution in [0.5, 0.6) is 5.75 Å². The second-order valence-corrected chi connectivity index (χ2v) is 15.6. The number of aliphatic hydroxyl groups is 2. The maximum absolute atomic E-state index is 13.0. The van der Waals surface area contributed by atoms with Gasteiger partial charge >= 0.3 is 12.1 Å². The molecule has 0 unspecified atom stereocenters. The lowest BCUT2D eigenvalue weighted by molar-refractivity contribution is -0.165. The summed E-state index contributed by atoms with van der Waals surface area (Å²) in [6, 6.07) is 33.9. The van der Waals surface area contributed by atoms with Crippen molar-refractivity contribution in [1.29, 1.82) is 0 Å². The molecule has 0 radical (unpaired) electrons. The van der Waals surface area contributed by atoms with E-state index in [1.807, 2.05) is 106 Å². The summed E-state index contributed by atoms with van der Waals surface area (Å²) >= 11 is 0. The van der Waals surface area contributed by atoms with Gasteiger partial charge in [0.1, 0.15) is 18.1 Å². The molecule has 0 spiro atoms. The van der Waals surface area contributed by atoms with Gasteiger partial charge in [-0.05, 0) is 117 Å². The van der Waals surface area contributed by atoms with Crippen LogP contribution in [0.2, 0.25) is 0 Å². The van der Waals surface area contributed by atoms with Gasteiger partial charge in [0.25, 0.3) is 0 Å². The number of carbonyl (C=O) groups is 2. The Morgan fingerprint density at radius 1 is 0.714 bits per heavy atom. The number of amides is 1. The first kappa shape index (κ1) is 61.2. The van der Waals surface area contributed by atoms with Crippen LogP contribution in [0.15, 0.2) is 122 Å². The Hall–Kier alpha value is -6.78. The maximum atomic E-state index is 13.0. The molecule has 1 atom stereocenters. The molecule has 0 aliphatic carbocycles. The van der Waals surface area contributed by atoms with Crippen molar-refractivity contribution in [1.82, 2.24) is 29.8 Å². The van der Waals surface area contributed by atoms with E-state index in [2.05, 4.69) is 37.9 Å². The molecule has 1 aliphatic rings. The zero-order valence-electron chi connectivity index (χ0n) is 39.3. The number of alkyl halides is 3. The van der Waals surface area contributed by atoms with Gasteiger partial charge in [-0.3, -0.25) is 29.5 Å². The van der Waals surface area contributed by atoms with Crippen LogP contribution in [-0.2, 0) is 54.7 Å². The number of pyridine rings is 5. The number of anilines is 1. The molecule has 1 aliphatic heterocycles. The highest BCUT2D eigenvalue weighted by Gasteiger charge is 2.38. The molecule has 16 heteroatoms. The average Bonchev–Trinajstić information content (AvgIpc) is 3.42. The molecule has 5 aromatic heterocycles. The number of carbonyl (C=O) groups excluding carboxylic acids is 1. The Morgan fingerprint density at radius 3 is 1.79 bits per heavy atom. The first-order valence-corrected chi connectivity index (χ1v) is 22.5. The van der Waals surface area contributed by atoms with Crippen LogP contribution in [0.25, 0.3) is 0 Å². The zero-order chi connectivity index (χ0) is 49.7. The number of hydrogen-bond donors (Lipinski definition) is 4. The number of ether oxygens (including phenoxy) is 1. The fourth-order valence-corrected chi connectivity index (χ4v) is 6.67. The third-order valence-corrected chi connectivity index (χ3v) is 9.86. The first-order valence-electron chi connectivity index (χ1n) is 22.5. The average molecular weight is 972 g/mol. The molecule has 6 heterocycles. The van der Waals surface area contributed by atoms with Gasteiger partial charge in [-0.15, -0.1) is 0 Å². The lowest BCUT2D eigenvalue weighted by Crippen LogP contribution is -2.41. The number of carboxylic acid groups (broad SMARTS) is 1. The summed E-state index contributed by atoms with van der Waals surface area (Å²) in [5.74, 6) is -2.00. The van der Waals surface area contributed by atoms with Crippen molar-refractivity contribution in [2.45, 2.75) is 107 Å². The van der Waals surface area contributed by atoms with E-state index in [9.17, 15) is 22.8 Å². The molecule has 380 valence electrons. The number of hydrogen-bond acceptors (Lipinski definition) is 11. The first-order chi connectivity index (χ1) is 32.6. The number of aliphatic hydroxyl groups excluding tert-OH is 2. The molecule has 0 bridgehead atoms. The van der Waals surface area contributed by atoms with Gasteiger partial charge in [-0.2, -0.15) is 13.2 Å². The van der Waals surface area contributed by atoms with E-state index < -0.39 is 36.9 Å². The zero-order valence-corrected chi connectivity index (χ0v) is 39.3. The van der Waals surface area contributed by atoms with Crippen LogP contribution in [0.4, 0.5) is 19.0 Å². The lowest BCUT2D eigenvalue weighted by atomic mass is 9.94. The maximum Gasteiger partial charge on any atom is 0.406 e. The number of nitrogen functional groups attached to an aromatic ring is 1. The second-order valence-electron chi connectivity index (χ2n) is 15.6. The standard InChI is InChI=1S/C23H25F3N2O4.C8H11NO.C8H11N.C7H9NO.C6H8N2.2CH4/c1-2-18-4-3-5-19(27-18)8-9-32-20-7-6-15-10-16(12-21(29)30)22(31)28(13-17(15)11-20)14-23(24,25)26;1-7-3-2-4-8(9-7)5-6-10;1-2-5-8-6-3-4-7-9-8;9-6-4-7-3-1-2-5-8-7;1-5-3-2-4-6(7)8-5;;/h3-7,11,16H,2,8-10,12-14H2,1H3,(H,29,30);2-4,10H,5-6H2,1H3;3-4,6-7H,2,5H2,1H3;1-3,5,9H,4,6H2;2-4H,1H3,(H2,7,8);2*1H4/t16-;;;;;;/m0....../s1. The molecule has 13 nitrogen and oxygen atoms in total. The molecular weight excluding hydrogens is 900 g/mol. The highest BCUT2D eigenvalue weighted by Crippen LogP contribution is 2.30. The van der Waals surface area contributed by atoms with Crippen molar-refractivity contribution in [2.24, 2.45) is 5.92 Å². The number of nitrogens with two attached hydrogens (primary N) is 1. The highest BCUT2D eigenvalue weighted by molar-refractivity contribution is 5.84. The van der Waals surface area contributed by atoms with Crippen LogP contribution in [0, 0.1) is 19.8 Å². The topological polar surface area (TPSA) is 198 Å².